The zero-order valence-electron chi connectivity index (χ0n) is 11.3. The maximum atomic E-state index is 12.1. The molecule has 0 saturated carbocycles. The highest BCUT2D eigenvalue weighted by Gasteiger charge is 2.39. The zero-order chi connectivity index (χ0) is 13.3. The summed E-state index contributed by atoms with van der Waals surface area (Å²) in [5.74, 6) is -0.114. The van der Waals surface area contributed by atoms with Crippen LogP contribution in [-0.4, -0.2) is 67.9 Å². The van der Waals surface area contributed by atoms with Gasteiger partial charge in [0.1, 0.15) is 5.54 Å². The summed E-state index contributed by atoms with van der Waals surface area (Å²) in [5, 5.41) is 2.92. The minimum absolute atomic E-state index is 0.0872. The number of rotatable bonds is 3. The topological polar surface area (TPSA) is 76.8 Å². The van der Waals surface area contributed by atoms with Crippen LogP contribution in [0.5, 0.6) is 0 Å². The van der Waals surface area contributed by atoms with Gasteiger partial charge in [0.05, 0.1) is 19.3 Å². The van der Waals surface area contributed by atoms with Crippen molar-refractivity contribution in [2.75, 3.05) is 39.5 Å². The fraction of sp³-hybridized carbons (Fsp3) is 0.923. The number of nitrogens with zero attached hydrogens (tertiary/aromatic N) is 1. The summed E-state index contributed by atoms with van der Waals surface area (Å²) in [6.07, 6.45) is 3.18. The Morgan fingerprint density at radius 3 is 3.21 bits per heavy atom. The molecule has 6 nitrogen and oxygen atoms in total. The quantitative estimate of drug-likeness (QED) is 0.693. The van der Waals surface area contributed by atoms with Crippen LogP contribution in [-0.2, 0) is 14.3 Å². The van der Waals surface area contributed by atoms with Crippen LogP contribution >= 0.6 is 0 Å². The van der Waals surface area contributed by atoms with Crippen molar-refractivity contribution < 1.29 is 14.3 Å². The summed E-state index contributed by atoms with van der Waals surface area (Å²) in [6, 6.07) is 0.594. The lowest BCUT2D eigenvalue weighted by Crippen LogP contribution is -2.57. The largest absolute Gasteiger partial charge is 0.379 e. The Balaban J connectivity index is 1.46. The molecule has 3 aliphatic heterocycles. The summed E-state index contributed by atoms with van der Waals surface area (Å²) in [4.78, 5) is 14.5. The molecule has 0 aliphatic carbocycles. The molecule has 3 aliphatic rings. The molecule has 6 heteroatoms. The molecular formula is C13H23N3O3. The minimum atomic E-state index is -0.842. The van der Waals surface area contributed by atoms with Gasteiger partial charge in [-0.1, -0.05) is 0 Å². The average molecular weight is 269 g/mol. The van der Waals surface area contributed by atoms with E-state index in [1.54, 1.807) is 0 Å². The predicted molar refractivity (Wildman–Crippen MR) is 69.7 cm³/mol. The van der Waals surface area contributed by atoms with Gasteiger partial charge in [-0.3, -0.25) is 9.69 Å². The summed E-state index contributed by atoms with van der Waals surface area (Å²) >= 11 is 0. The van der Waals surface area contributed by atoms with Gasteiger partial charge >= 0.3 is 0 Å². The summed E-state index contributed by atoms with van der Waals surface area (Å²) in [7, 11) is 0. The monoisotopic (exact) mass is 269 g/mol. The maximum absolute atomic E-state index is 12.1. The van der Waals surface area contributed by atoms with Gasteiger partial charge in [0.15, 0.2) is 0 Å². The van der Waals surface area contributed by atoms with E-state index in [0.29, 0.717) is 32.2 Å². The summed E-state index contributed by atoms with van der Waals surface area (Å²) in [5.41, 5.74) is 5.17. The molecule has 3 rings (SSSR count). The summed E-state index contributed by atoms with van der Waals surface area (Å²) < 4.78 is 11.0. The molecule has 0 aromatic rings. The van der Waals surface area contributed by atoms with E-state index in [1.807, 2.05) is 0 Å². The number of fused-ring (bicyclic) bond motifs is 1. The normalized spacial score (nSPS) is 39.2. The molecule has 3 atom stereocenters. The van der Waals surface area contributed by atoms with Crippen molar-refractivity contribution in [3.8, 4) is 0 Å². The Labute approximate surface area is 113 Å². The number of hydrogen-bond donors (Lipinski definition) is 2. The molecule has 108 valence electrons. The molecule has 0 bridgehead atoms. The Kier molecular flexibility index (Phi) is 3.75. The smallest absolute Gasteiger partial charge is 0.242 e. The number of nitrogens with one attached hydrogen (secondary N) is 1. The SMILES string of the molecule is NC1(C(=O)NCC2CN3CCCC3CO2)CCOC1. The van der Waals surface area contributed by atoms with Crippen LogP contribution < -0.4 is 11.1 Å². The third-order valence-electron chi connectivity index (χ3n) is 4.46. The van der Waals surface area contributed by atoms with Gasteiger partial charge in [0.25, 0.3) is 0 Å². The fourth-order valence-electron chi connectivity index (χ4n) is 3.15. The lowest BCUT2D eigenvalue weighted by Gasteiger charge is -2.35. The van der Waals surface area contributed by atoms with Crippen molar-refractivity contribution in [2.24, 2.45) is 5.73 Å². The molecule has 3 unspecified atom stereocenters. The minimum Gasteiger partial charge on any atom is -0.379 e. The third-order valence-corrected chi connectivity index (χ3v) is 4.46. The van der Waals surface area contributed by atoms with Crippen LogP contribution in [0.3, 0.4) is 0 Å². The first kappa shape index (κ1) is 13.3. The van der Waals surface area contributed by atoms with Crippen molar-refractivity contribution in [1.29, 1.82) is 0 Å². The molecule has 0 radical (unpaired) electrons. The Hall–Kier alpha value is -0.690. The van der Waals surface area contributed by atoms with Crippen molar-refractivity contribution in [3.05, 3.63) is 0 Å². The van der Waals surface area contributed by atoms with E-state index in [9.17, 15) is 4.79 Å². The summed E-state index contributed by atoms with van der Waals surface area (Å²) in [6.45, 7) is 4.29. The number of nitrogens with two attached hydrogens (primary N) is 1. The highest BCUT2D eigenvalue weighted by molar-refractivity contribution is 5.86. The van der Waals surface area contributed by atoms with Crippen molar-refractivity contribution in [2.45, 2.75) is 36.9 Å². The van der Waals surface area contributed by atoms with E-state index < -0.39 is 5.54 Å². The Bertz CT molecular complexity index is 344. The Morgan fingerprint density at radius 2 is 2.42 bits per heavy atom. The third kappa shape index (κ3) is 2.76. The maximum Gasteiger partial charge on any atom is 0.242 e. The van der Waals surface area contributed by atoms with Crippen molar-refractivity contribution in [3.63, 3.8) is 0 Å². The second-order valence-corrected chi connectivity index (χ2v) is 5.92. The number of carbonyl (C=O) groups excluding carboxylic acids is 1. The molecule has 3 saturated heterocycles. The van der Waals surface area contributed by atoms with Gasteiger partial charge in [-0.2, -0.15) is 0 Å². The van der Waals surface area contributed by atoms with Crippen LogP contribution in [0.25, 0.3) is 0 Å². The second-order valence-electron chi connectivity index (χ2n) is 5.92. The van der Waals surface area contributed by atoms with Crippen LogP contribution in [0.4, 0.5) is 0 Å². The first-order valence-electron chi connectivity index (χ1n) is 7.18. The van der Waals surface area contributed by atoms with Gasteiger partial charge in [-0.15, -0.1) is 0 Å². The van der Waals surface area contributed by atoms with E-state index in [1.165, 1.54) is 12.8 Å². The Morgan fingerprint density at radius 1 is 1.53 bits per heavy atom. The van der Waals surface area contributed by atoms with Crippen molar-refractivity contribution >= 4 is 5.91 Å². The highest BCUT2D eigenvalue weighted by atomic mass is 16.5. The lowest BCUT2D eigenvalue weighted by atomic mass is 9.99. The molecule has 0 aromatic heterocycles. The molecule has 1 amide bonds. The van der Waals surface area contributed by atoms with Gasteiger partial charge in [-0.05, 0) is 25.8 Å². The molecule has 3 heterocycles. The van der Waals surface area contributed by atoms with Crippen LogP contribution in [0.1, 0.15) is 19.3 Å². The molecular weight excluding hydrogens is 246 g/mol. The van der Waals surface area contributed by atoms with E-state index in [4.69, 9.17) is 15.2 Å². The molecule has 3 N–H and O–H groups in total. The van der Waals surface area contributed by atoms with Crippen molar-refractivity contribution in [1.82, 2.24) is 10.2 Å². The van der Waals surface area contributed by atoms with Crippen LogP contribution in [0.2, 0.25) is 0 Å². The predicted octanol–water partition coefficient (Wildman–Crippen LogP) is -0.916. The second kappa shape index (κ2) is 5.36. The first-order chi connectivity index (χ1) is 9.17. The fourth-order valence-corrected chi connectivity index (χ4v) is 3.15. The molecule has 0 aromatic carbocycles. The van der Waals surface area contributed by atoms with Gasteiger partial charge < -0.3 is 20.5 Å². The number of carbonyl (C=O) groups is 1. The molecule has 19 heavy (non-hydrogen) atoms. The van der Waals surface area contributed by atoms with Crippen LogP contribution in [0, 0.1) is 0 Å². The van der Waals surface area contributed by atoms with E-state index >= 15 is 0 Å². The highest BCUT2D eigenvalue weighted by Crippen LogP contribution is 2.22. The van der Waals surface area contributed by atoms with Gasteiger partial charge in [-0.25, -0.2) is 0 Å². The van der Waals surface area contributed by atoms with E-state index in [0.717, 1.165) is 19.7 Å². The molecule has 0 spiro atoms. The van der Waals surface area contributed by atoms with E-state index in [2.05, 4.69) is 10.2 Å². The average Bonchev–Trinajstić information content (AvgIpc) is 3.04. The van der Waals surface area contributed by atoms with Gasteiger partial charge in [0, 0.05) is 25.7 Å². The van der Waals surface area contributed by atoms with E-state index in [-0.39, 0.29) is 12.0 Å². The van der Waals surface area contributed by atoms with Crippen LogP contribution in [0.15, 0.2) is 0 Å². The van der Waals surface area contributed by atoms with Gasteiger partial charge in [0.2, 0.25) is 5.91 Å². The first-order valence-corrected chi connectivity index (χ1v) is 7.18. The number of hydrogen-bond acceptors (Lipinski definition) is 5. The zero-order valence-corrected chi connectivity index (χ0v) is 11.3. The number of ether oxygens (including phenoxy) is 2. The number of morpholine rings is 1. The molecule has 3 fully saturated rings. The lowest BCUT2D eigenvalue weighted by molar-refractivity contribution is -0.127. The standard InChI is InChI=1S/C13H23N3O3/c14-13(3-5-18-9-13)12(17)15-6-11-7-16-4-1-2-10(16)8-19-11/h10-11H,1-9,14H2,(H,15,17). The number of amides is 1.